The maximum absolute atomic E-state index is 11.6. The van der Waals surface area contributed by atoms with E-state index in [1.54, 1.807) is 0 Å². The largest absolute Gasteiger partial charge is 0.450 e. The molecule has 17 heavy (non-hydrogen) atoms. The van der Waals surface area contributed by atoms with Crippen molar-refractivity contribution in [2.24, 2.45) is 0 Å². The predicted molar refractivity (Wildman–Crippen MR) is 70.2 cm³/mol. The molecule has 0 aromatic heterocycles. The van der Waals surface area contributed by atoms with Gasteiger partial charge in [-0.25, -0.2) is 4.79 Å². The van der Waals surface area contributed by atoms with Crippen molar-refractivity contribution in [3.63, 3.8) is 0 Å². The first-order valence-electron chi connectivity index (χ1n) is 5.95. The minimum absolute atomic E-state index is 0.141. The van der Waals surface area contributed by atoms with Crippen LogP contribution in [0.5, 0.6) is 0 Å². The van der Waals surface area contributed by atoms with Crippen LogP contribution in [0.1, 0.15) is 46.5 Å². The number of ketones is 1. The highest BCUT2D eigenvalue weighted by Crippen LogP contribution is 2.26. The normalized spacial score (nSPS) is 23.7. The molecule has 4 heteroatoms. The first-order valence-corrected chi connectivity index (χ1v) is 6.76. The Balaban J connectivity index is 2.46. The summed E-state index contributed by atoms with van der Waals surface area (Å²) >= 11 is 1.18. The number of Topliss-reactive ketones (excluding diaryl/α,β-unsaturated/α-hetero) is 1. The molecule has 0 N–H and O–H groups in total. The third kappa shape index (κ3) is 6.51. The molecule has 0 saturated heterocycles. The Bertz CT molecular complexity index is 315. The van der Waals surface area contributed by atoms with Crippen molar-refractivity contribution in [2.45, 2.75) is 57.3 Å². The molecule has 1 aliphatic carbocycles. The standard InChI is InChI=1S/C13H20O3S/c1-13(2,3)17-12(15)16-11-7-5-4-6-10(14)8-9-11/h5,7,11H,4,6,8-9H2,1-3H3/b7-5+. The predicted octanol–water partition coefficient (Wildman–Crippen LogP) is 3.72. The fourth-order valence-corrected chi connectivity index (χ4v) is 2.18. The van der Waals surface area contributed by atoms with Gasteiger partial charge in [0, 0.05) is 17.6 Å². The molecule has 0 spiro atoms. The van der Waals surface area contributed by atoms with E-state index in [2.05, 4.69) is 0 Å². The van der Waals surface area contributed by atoms with Gasteiger partial charge >= 0.3 is 5.30 Å². The smallest absolute Gasteiger partial charge is 0.368 e. The molecular weight excluding hydrogens is 236 g/mol. The summed E-state index contributed by atoms with van der Waals surface area (Å²) in [5.74, 6) is 0.249. The lowest BCUT2D eigenvalue weighted by Gasteiger charge is -2.19. The quantitative estimate of drug-likeness (QED) is 0.529. The molecule has 3 nitrogen and oxygen atoms in total. The Hall–Kier alpha value is -0.770. The Morgan fingerprint density at radius 1 is 1.41 bits per heavy atom. The van der Waals surface area contributed by atoms with Gasteiger partial charge in [-0.1, -0.05) is 26.8 Å². The Morgan fingerprint density at radius 3 is 2.76 bits per heavy atom. The van der Waals surface area contributed by atoms with Crippen LogP contribution < -0.4 is 0 Å². The minimum Gasteiger partial charge on any atom is -0.450 e. The molecule has 0 bridgehead atoms. The Morgan fingerprint density at radius 2 is 2.12 bits per heavy atom. The number of carbonyl (C=O) groups is 2. The molecule has 1 aliphatic rings. The van der Waals surface area contributed by atoms with Gasteiger partial charge in [-0.2, -0.15) is 0 Å². The van der Waals surface area contributed by atoms with Crippen molar-refractivity contribution in [3.8, 4) is 0 Å². The van der Waals surface area contributed by atoms with E-state index in [-0.39, 0.29) is 21.9 Å². The van der Waals surface area contributed by atoms with E-state index in [9.17, 15) is 9.59 Å². The highest BCUT2D eigenvalue weighted by molar-refractivity contribution is 8.14. The van der Waals surface area contributed by atoms with Gasteiger partial charge in [0.1, 0.15) is 11.9 Å². The summed E-state index contributed by atoms with van der Waals surface area (Å²) in [6.45, 7) is 5.91. The van der Waals surface area contributed by atoms with Crippen LogP contribution in [0, 0.1) is 0 Å². The van der Waals surface area contributed by atoms with Crippen LogP contribution in [0.2, 0.25) is 0 Å². The van der Waals surface area contributed by atoms with Crippen molar-refractivity contribution in [3.05, 3.63) is 12.2 Å². The molecule has 0 radical (unpaired) electrons. The SMILES string of the molecule is CC(C)(C)SC(=O)OC1/C=C/CCC(=O)CC1. The van der Waals surface area contributed by atoms with Gasteiger partial charge in [-0.05, 0) is 30.7 Å². The van der Waals surface area contributed by atoms with Crippen molar-refractivity contribution >= 4 is 22.8 Å². The van der Waals surface area contributed by atoms with Gasteiger partial charge < -0.3 is 4.74 Å². The first-order chi connectivity index (χ1) is 7.87. The molecule has 0 aromatic carbocycles. The summed E-state index contributed by atoms with van der Waals surface area (Å²) in [6.07, 6.45) is 6.03. The summed E-state index contributed by atoms with van der Waals surface area (Å²) in [5.41, 5.74) is 0. The van der Waals surface area contributed by atoms with Gasteiger partial charge in [0.2, 0.25) is 0 Å². The van der Waals surface area contributed by atoms with Crippen LogP contribution in [0.3, 0.4) is 0 Å². The lowest BCUT2D eigenvalue weighted by Crippen LogP contribution is -2.19. The fraction of sp³-hybridized carbons (Fsp3) is 0.692. The van der Waals surface area contributed by atoms with Gasteiger partial charge in [-0.15, -0.1) is 0 Å². The zero-order chi connectivity index (χ0) is 12.9. The second kappa shape index (κ2) is 6.24. The van der Waals surface area contributed by atoms with E-state index in [0.717, 1.165) is 6.42 Å². The van der Waals surface area contributed by atoms with Crippen LogP contribution in [0.15, 0.2) is 12.2 Å². The number of allylic oxidation sites excluding steroid dienone is 1. The fourth-order valence-electron chi connectivity index (χ4n) is 1.51. The van der Waals surface area contributed by atoms with Crippen LogP contribution in [0.4, 0.5) is 4.79 Å². The molecule has 1 rings (SSSR count). The molecular formula is C13H20O3S. The van der Waals surface area contributed by atoms with Crippen LogP contribution in [-0.2, 0) is 9.53 Å². The molecule has 0 aliphatic heterocycles. The van der Waals surface area contributed by atoms with Gasteiger partial charge in [-0.3, -0.25) is 4.79 Å². The van der Waals surface area contributed by atoms with E-state index in [1.807, 2.05) is 32.9 Å². The van der Waals surface area contributed by atoms with E-state index >= 15 is 0 Å². The van der Waals surface area contributed by atoms with Crippen LogP contribution in [0.25, 0.3) is 0 Å². The van der Waals surface area contributed by atoms with Gasteiger partial charge in [0.15, 0.2) is 0 Å². The molecule has 0 saturated carbocycles. The molecule has 0 aromatic rings. The number of rotatable bonds is 1. The average Bonchev–Trinajstić information content (AvgIpc) is 2.14. The van der Waals surface area contributed by atoms with Crippen molar-refractivity contribution < 1.29 is 14.3 Å². The van der Waals surface area contributed by atoms with Crippen molar-refractivity contribution in [1.82, 2.24) is 0 Å². The maximum Gasteiger partial charge on any atom is 0.368 e. The summed E-state index contributed by atoms with van der Waals surface area (Å²) in [6, 6.07) is 0. The van der Waals surface area contributed by atoms with Crippen LogP contribution >= 0.6 is 11.8 Å². The number of thioether (sulfide) groups is 1. The third-order valence-electron chi connectivity index (χ3n) is 2.29. The average molecular weight is 256 g/mol. The topological polar surface area (TPSA) is 43.4 Å². The number of carbonyl (C=O) groups excluding carboxylic acids is 2. The maximum atomic E-state index is 11.6. The van der Waals surface area contributed by atoms with E-state index in [4.69, 9.17) is 4.74 Å². The highest BCUT2D eigenvalue weighted by atomic mass is 32.2. The van der Waals surface area contributed by atoms with E-state index < -0.39 is 0 Å². The molecule has 0 amide bonds. The third-order valence-corrected chi connectivity index (χ3v) is 3.16. The number of hydrogen-bond donors (Lipinski definition) is 0. The molecule has 1 atom stereocenters. The lowest BCUT2D eigenvalue weighted by molar-refractivity contribution is -0.119. The second-order valence-electron chi connectivity index (χ2n) is 5.16. The second-order valence-corrected chi connectivity index (χ2v) is 6.93. The zero-order valence-electron chi connectivity index (χ0n) is 10.7. The zero-order valence-corrected chi connectivity index (χ0v) is 11.5. The van der Waals surface area contributed by atoms with Gasteiger partial charge in [0.05, 0.1) is 0 Å². The summed E-state index contributed by atoms with van der Waals surface area (Å²) in [7, 11) is 0. The minimum atomic E-state index is -0.264. The van der Waals surface area contributed by atoms with Gasteiger partial charge in [0.25, 0.3) is 0 Å². The van der Waals surface area contributed by atoms with Crippen molar-refractivity contribution in [1.29, 1.82) is 0 Å². The molecule has 0 fully saturated rings. The molecule has 96 valence electrons. The van der Waals surface area contributed by atoms with Crippen molar-refractivity contribution in [2.75, 3.05) is 0 Å². The van der Waals surface area contributed by atoms with E-state index in [0.29, 0.717) is 19.3 Å². The summed E-state index contributed by atoms with van der Waals surface area (Å²) in [5, 5.41) is -0.264. The number of hydrogen-bond acceptors (Lipinski definition) is 4. The highest BCUT2D eigenvalue weighted by Gasteiger charge is 2.21. The summed E-state index contributed by atoms with van der Waals surface area (Å²) in [4.78, 5) is 22.9. The number of ether oxygens (including phenoxy) is 1. The Labute approximate surface area is 107 Å². The lowest BCUT2D eigenvalue weighted by atomic mass is 10.0. The molecule has 0 heterocycles. The van der Waals surface area contributed by atoms with Crippen LogP contribution in [-0.4, -0.2) is 21.9 Å². The monoisotopic (exact) mass is 256 g/mol. The first kappa shape index (κ1) is 14.3. The molecule has 1 unspecified atom stereocenters. The van der Waals surface area contributed by atoms with E-state index in [1.165, 1.54) is 11.8 Å². The Kier molecular flexibility index (Phi) is 5.25. The summed E-state index contributed by atoms with van der Waals surface area (Å²) < 4.78 is 5.20.